The molecule has 2 rings (SSSR count). The molecule has 1 aromatic carbocycles. The van der Waals surface area contributed by atoms with Gasteiger partial charge in [-0.3, -0.25) is 4.68 Å². The molecule has 1 unspecified atom stereocenters. The molecule has 1 aromatic heterocycles. The van der Waals surface area contributed by atoms with Gasteiger partial charge in [-0.1, -0.05) is 12.1 Å². The van der Waals surface area contributed by atoms with Gasteiger partial charge in [0.25, 0.3) is 0 Å². The summed E-state index contributed by atoms with van der Waals surface area (Å²) in [4.78, 5) is 6.33. The molecule has 0 bridgehead atoms. The van der Waals surface area contributed by atoms with E-state index in [-0.39, 0.29) is 0 Å². The van der Waals surface area contributed by atoms with Crippen LogP contribution in [0.5, 0.6) is 0 Å². The van der Waals surface area contributed by atoms with E-state index in [4.69, 9.17) is 0 Å². The molecule has 0 radical (unpaired) electrons. The Kier molecular flexibility index (Phi) is 4.74. The summed E-state index contributed by atoms with van der Waals surface area (Å²) < 4.78 is 1.73. The topological polar surface area (TPSA) is 46.0 Å². The highest BCUT2D eigenvalue weighted by Crippen LogP contribution is 2.17. The van der Waals surface area contributed by atoms with Crippen molar-refractivity contribution in [3.63, 3.8) is 0 Å². The van der Waals surface area contributed by atoms with E-state index < -0.39 is 0 Å². The number of aryl methyl sites for hydroxylation is 1. The average molecular weight is 273 g/mol. The van der Waals surface area contributed by atoms with E-state index in [9.17, 15) is 0 Å². The summed E-state index contributed by atoms with van der Waals surface area (Å²) in [6, 6.07) is 8.97. The summed E-state index contributed by atoms with van der Waals surface area (Å²) in [6.45, 7) is 3.05. The third kappa shape index (κ3) is 3.81. The molecule has 0 fully saturated rings. The van der Waals surface area contributed by atoms with Gasteiger partial charge >= 0.3 is 0 Å². The number of benzene rings is 1. The molecule has 2 aromatic rings. The van der Waals surface area contributed by atoms with E-state index >= 15 is 0 Å². The summed E-state index contributed by atoms with van der Waals surface area (Å²) in [5, 5.41) is 7.77. The van der Waals surface area contributed by atoms with Gasteiger partial charge in [0, 0.05) is 45.8 Å². The number of aromatic nitrogens is 3. The van der Waals surface area contributed by atoms with E-state index in [1.807, 2.05) is 7.05 Å². The van der Waals surface area contributed by atoms with Crippen molar-refractivity contribution in [1.82, 2.24) is 20.1 Å². The summed E-state index contributed by atoms with van der Waals surface area (Å²) in [7, 11) is 5.99. The molecule has 1 atom stereocenters. The van der Waals surface area contributed by atoms with Crippen LogP contribution in [0, 0.1) is 0 Å². The second kappa shape index (κ2) is 6.52. The molecular formula is C15H23N5. The molecule has 0 aliphatic carbocycles. The SMILES string of the molecule is CC(NCCc1ncn(C)n1)c1ccc(N(C)C)cc1. The predicted octanol–water partition coefficient (Wildman–Crippen LogP) is 1.77. The third-order valence-electron chi connectivity index (χ3n) is 3.36. The predicted molar refractivity (Wildman–Crippen MR) is 81.9 cm³/mol. The fraction of sp³-hybridized carbons (Fsp3) is 0.467. The molecule has 0 aliphatic heterocycles. The van der Waals surface area contributed by atoms with Gasteiger partial charge in [0.05, 0.1) is 0 Å². The third-order valence-corrected chi connectivity index (χ3v) is 3.36. The van der Waals surface area contributed by atoms with Gasteiger partial charge in [-0.2, -0.15) is 5.10 Å². The smallest absolute Gasteiger partial charge is 0.151 e. The maximum absolute atomic E-state index is 4.27. The van der Waals surface area contributed by atoms with Gasteiger partial charge in [0.2, 0.25) is 0 Å². The van der Waals surface area contributed by atoms with Gasteiger partial charge in [-0.25, -0.2) is 4.98 Å². The average Bonchev–Trinajstić information content (AvgIpc) is 2.84. The number of hydrogen-bond donors (Lipinski definition) is 1. The van der Waals surface area contributed by atoms with Gasteiger partial charge in [-0.15, -0.1) is 0 Å². The second-order valence-corrected chi connectivity index (χ2v) is 5.25. The van der Waals surface area contributed by atoms with Crippen molar-refractivity contribution in [3.05, 3.63) is 42.0 Å². The van der Waals surface area contributed by atoms with E-state index in [0.717, 1.165) is 18.8 Å². The van der Waals surface area contributed by atoms with Crippen LogP contribution in [-0.2, 0) is 13.5 Å². The fourth-order valence-corrected chi connectivity index (χ4v) is 2.08. The molecule has 5 nitrogen and oxygen atoms in total. The van der Waals surface area contributed by atoms with Crippen molar-refractivity contribution in [2.45, 2.75) is 19.4 Å². The van der Waals surface area contributed by atoms with Crippen LogP contribution in [0.4, 0.5) is 5.69 Å². The summed E-state index contributed by atoms with van der Waals surface area (Å²) >= 11 is 0. The second-order valence-electron chi connectivity index (χ2n) is 5.25. The lowest BCUT2D eigenvalue weighted by atomic mass is 10.1. The molecule has 1 heterocycles. The Balaban J connectivity index is 1.83. The molecule has 0 amide bonds. The largest absolute Gasteiger partial charge is 0.378 e. The van der Waals surface area contributed by atoms with Crippen LogP contribution >= 0.6 is 0 Å². The standard InChI is InChI=1S/C15H23N5/c1-12(13-5-7-14(8-6-13)19(2)3)16-10-9-15-17-11-20(4)18-15/h5-8,11-12,16H,9-10H2,1-4H3. The van der Waals surface area contributed by atoms with E-state index in [2.05, 4.69) is 65.6 Å². The van der Waals surface area contributed by atoms with E-state index in [1.54, 1.807) is 11.0 Å². The van der Waals surface area contributed by atoms with Crippen LogP contribution in [0.2, 0.25) is 0 Å². The Bertz CT molecular complexity index is 529. The minimum atomic E-state index is 0.329. The first-order valence-electron chi connectivity index (χ1n) is 6.91. The number of anilines is 1. The van der Waals surface area contributed by atoms with Crippen LogP contribution < -0.4 is 10.2 Å². The highest BCUT2D eigenvalue weighted by atomic mass is 15.3. The van der Waals surface area contributed by atoms with Crippen molar-refractivity contribution in [1.29, 1.82) is 0 Å². The van der Waals surface area contributed by atoms with Gasteiger partial charge < -0.3 is 10.2 Å². The molecular weight excluding hydrogens is 250 g/mol. The zero-order valence-corrected chi connectivity index (χ0v) is 12.7. The highest BCUT2D eigenvalue weighted by Gasteiger charge is 2.06. The Morgan fingerprint density at radius 1 is 1.25 bits per heavy atom. The molecule has 0 saturated carbocycles. The molecule has 0 aliphatic rings. The fourth-order valence-electron chi connectivity index (χ4n) is 2.08. The zero-order valence-electron chi connectivity index (χ0n) is 12.7. The van der Waals surface area contributed by atoms with Crippen molar-refractivity contribution < 1.29 is 0 Å². The minimum absolute atomic E-state index is 0.329. The first kappa shape index (κ1) is 14.5. The summed E-state index contributed by atoms with van der Waals surface area (Å²) in [6.07, 6.45) is 2.58. The number of rotatable bonds is 6. The van der Waals surface area contributed by atoms with Crippen molar-refractivity contribution >= 4 is 5.69 Å². The molecule has 5 heteroatoms. The van der Waals surface area contributed by atoms with Crippen LogP contribution in [0.15, 0.2) is 30.6 Å². The summed E-state index contributed by atoms with van der Waals surface area (Å²) in [5.74, 6) is 0.884. The molecule has 20 heavy (non-hydrogen) atoms. The molecule has 0 saturated heterocycles. The highest BCUT2D eigenvalue weighted by molar-refractivity contribution is 5.46. The Morgan fingerprint density at radius 3 is 2.50 bits per heavy atom. The van der Waals surface area contributed by atoms with Crippen LogP contribution in [0.3, 0.4) is 0 Å². The molecule has 1 N–H and O–H groups in total. The lowest BCUT2D eigenvalue weighted by molar-refractivity contribution is 0.568. The lowest BCUT2D eigenvalue weighted by Crippen LogP contribution is -2.21. The quantitative estimate of drug-likeness (QED) is 0.871. The molecule has 0 spiro atoms. The normalized spacial score (nSPS) is 12.4. The maximum Gasteiger partial charge on any atom is 0.151 e. The first-order valence-corrected chi connectivity index (χ1v) is 6.91. The maximum atomic E-state index is 4.27. The van der Waals surface area contributed by atoms with Crippen molar-refractivity contribution in [2.75, 3.05) is 25.5 Å². The Hall–Kier alpha value is -1.88. The zero-order chi connectivity index (χ0) is 14.5. The minimum Gasteiger partial charge on any atom is -0.378 e. The summed E-state index contributed by atoms with van der Waals surface area (Å²) in [5.41, 5.74) is 2.52. The molecule has 108 valence electrons. The van der Waals surface area contributed by atoms with Crippen LogP contribution in [0.1, 0.15) is 24.4 Å². The van der Waals surface area contributed by atoms with Gasteiger partial charge in [0.1, 0.15) is 6.33 Å². The number of nitrogens with one attached hydrogen (secondary N) is 1. The Labute approximate surface area is 120 Å². The number of hydrogen-bond acceptors (Lipinski definition) is 4. The van der Waals surface area contributed by atoms with E-state index in [0.29, 0.717) is 6.04 Å². The first-order chi connectivity index (χ1) is 9.56. The van der Waals surface area contributed by atoms with Crippen LogP contribution in [-0.4, -0.2) is 35.4 Å². The van der Waals surface area contributed by atoms with Gasteiger partial charge in [0.15, 0.2) is 5.82 Å². The lowest BCUT2D eigenvalue weighted by Gasteiger charge is -2.16. The monoisotopic (exact) mass is 273 g/mol. The van der Waals surface area contributed by atoms with E-state index in [1.165, 1.54) is 11.3 Å². The van der Waals surface area contributed by atoms with Crippen molar-refractivity contribution in [3.8, 4) is 0 Å². The van der Waals surface area contributed by atoms with Gasteiger partial charge in [-0.05, 0) is 24.6 Å². The van der Waals surface area contributed by atoms with Crippen LogP contribution in [0.25, 0.3) is 0 Å². The van der Waals surface area contributed by atoms with Crippen molar-refractivity contribution in [2.24, 2.45) is 7.05 Å². The number of nitrogens with zero attached hydrogens (tertiary/aromatic N) is 4. The Morgan fingerprint density at radius 2 is 1.95 bits per heavy atom.